The number of fused-ring (bicyclic) bond motifs is 1. The van der Waals surface area contributed by atoms with Crippen LogP contribution in [0.25, 0.3) is 0 Å². The molecule has 11 heteroatoms. The van der Waals surface area contributed by atoms with Gasteiger partial charge in [-0.2, -0.15) is 0 Å². The maximum Gasteiger partial charge on any atom is 0.256 e. The van der Waals surface area contributed by atoms with E-state index in [2.05, 4.69) is 25.6 Å². The van der Waals surface area contributed by atoms with E-state index in [1.54, 1.807) is 29.3 Å². The Bertz CT molecular complexity index is 1350. The van der Waals surface area contributed by atoms with E-state index in [-0.39, 0.29) is 29.6 Å². The van der Waals surface area contributed by atoms with E-state index >= 15 is 0 Å². The van der Waals surface area contributed by atoms with Crippen LogP contribution in [-0.4, -0.2) is 57.3 Å². The zero-order valence-corrected chi connectivity index (χ0v) is 22.2. The number of rotatable bonds is 7. The Morgan fingerprint density at radius 1 is 1.10 bits per heavy atom. The fraction of sp³-hybridized carbons (Fsp3) is 0.357. The van der Waals surface area contributed by atoms with E-state index < -0.39 is 6.04 Å². The molecule has 3 aromatic rings. The molecule has 0 saturated heterocycles. The molecule has 1 aliphatic heterocycles. The highest BCUT2D eigenvalue weighted by atomic mass is 35.5. The van der Waals surface area contributed by atoms with Crippen LogP contribution < -0.4 is 15.4 Å². The van der Waals surface area contributed by atoms with Crippen LogP contribution in [0.1, 0.15) is 41.7 Å². The zero-order chi connectivity index (χ0) is 27.4. The van der Waals surface area contributed by atoms with Crippen LogP contribution in [0, 0.1) is 11.8 Å². The monoisotopic (exact) mass is 548 g/mol. The summed E-state index contributed by atoms with van der Waals surface area (Å²) in [7, 11) is 1.50. The number of nitrogens with one attached hydrogen (secondary N) is 2. The third-order valence-electron chi connectivity index (χ3n) is 7.30. The maximum absolute atomic E-state index is 13.8. The highest BCUT2D eigenvalue weighted by molar-refractivity contribution is 6.31. The van der Waals surface area contributed by atoms with Gasteiger partial charge in [-0.25, -0.2) is 9.97 Å². The largest absolute Gasteiger partial charge is 0.480 e. The lowest BCUT2D eigenvalue weighted by atomic mass is 9.81. The lowest BCUT2D eigenvalue weighted by molar-refractivity contribution is -0.121. The van der Waals surface area contributed by atoms with Gasteiger partial charge in [0.1, 0.15) is 6.04 Å². The van der Waals surface area contributed by atoms with E-state index in [1.165, 1.54) is 19.5 Å². The van der Waals surface area contributed by atoms with Crippen molar-refractivity contribution in [2.75, 3.05) is 24.3 Å². The van der Waals surface area contributed by atoms with Crippen molar-refractivity contribution in [3.8, 4) is 5.88 Å². The number of methoxy groups -OCH3 is 1. The number of hydrogen-bond donors (Lipinski definition) is 2. The molecule has 10 nitrogen and oxygen atoms in total. The number of ether oxygens (including phenoxy) is 1. The SMILES string of the molecule is COc1cnc(NC(=O)[C@H]2CC[C@H](CN3C(=O)c4ccc(Cl)cc4NC(=O)[C@H]3Cc3ccccn3)CC2)cn1. The summed E-state index contributed by atoms with van der Waals surface area (Å²) in [5.74, 6) is 0.129. The summed E-state index contributed by atoms with van der Waals surface area (Å²) in [6, 6.07) is 9.70. The molecule has 1 aliphatic carbocycles. The molecule has 1 saturated carbocycles. The predicted molar refractivity (Wildman–Crippen MR) is 146 cm³/mol. The van der Waals surface area contributed by atoms with Crippen LogP contribution in [0.5, 0.6) is 5.88 Å². The van der Waals surface area contributed by atoms with Crippen molar-refractivity contribution in [1.29, 1.82) is 0 Å². The summed E-state index contributed by atoms with van der Waals surface area (Å²) < 4.78 is 5.00. The first-order valence-corrected chi connectivity index (χ1v) is 13.3. The minimum atomic E-state index is -0.728. The summed E-state index contributed by atoms with van der Waals surface area (Å²) in [4.78, 5) is 54.3. The number of amides is 3. The summed E-state index contributed by atoms with van der Waals surface area (Å²) in [6.45, 7) is 0.407. The van der Waals surface area contributed by atoms with Gasteiger partial charge in [0.15, 0.2) is 5.82 Å². The number of halogens is 1. The van der Waals surface area contributed by atoms with Gasteiger partial charge in [-0.15, -0.1) is 0 Å². The second-order valence-corrected chi connectivity index (χ2v) is 10.3. The minimum absolute atomic E-state index is 0.100. The van der Waals surface area contributed by atoms with Gasteiger partial charge in [0, 0.05) is 35.8 Å². The number of carbonyl (C=O) groups is 3. The molecule has 1 aromatic carbocycles. The van der Waals surface area contributed by atoms with Gasteiger partial charge in [-0.05, 0) is 61.9 Å². The third-order valence-corrected chi connectivity index (χ3v) is 7.53. The molecule has 5 rings (SSSR count). The quantitative estimate of drug-likeness (QED) is 0.457. The highest BCUT2D eigenvalue weighted by Gasteiger charge is 2.38. The molecule has 2 aromatic heterocycles. The molecule has 3 heterocycles. The molecule has 0 spiro atoms. The van der Waals surface area contributed by atoms with Gasteiger partial charge >= 0.3 is 0 Å². The van der Waals surface area contributed by atoms with E-state index in [4.69, 9.17) is 16.3 Å². The fourth-order valence-corrected chi connectivity index (χ4v) is 5.36. The van der Waals surface area contributed by atoms with E-state index in [0.29, 0.717) is 53.8 Å². The van der Waals surface area contributed by atoms with E-state index in [1.807, 2.05) is 18.2 Å². The minimum Gasteiger partial charge on any atom is -0.480 e. The van der Waals surface area contributed by atoms with E-state index in [0.717, 1.165) is 18.5 Å². The van der Waals surface area contributed by atoms with Crippen molar-refractivity contribution in [3.05, 3.63) is 71.3 Å². The van der Waals surface area contributed by atoms with Gasteiger partial charge in [-0.3, -0.25) is 19.4 Å². The van der Waals surface area contributed by atoms with Crippen LogP contribution >= 0.6 is 11.6 Å². The van der Waals surface area contributed by atoms with Crippen molar-refractivity contribution in [2.24, 2.45) is 11.8 Å². The first kappa shape index (κ1) is 26.6. The Hall–Kier alpha value is -4.05. The Balaban J connectivity index is 1.28. The highest BCUT2D eigenvalue weighted by Crippen LogP contribution is 2.33. The number of hydrogen-bond acceptors (Lipinski definition) is 7. The first-order chi connectivity index (χ1) is 18.9. The normalized spacial score (nSPS) is 21.0. The Morgan fingerprint density at radius 3 is 2.62 bits per heavy atom. The number of carbonyl (C=O) groups excluding carboxylic acids is 3. The lowest BCUT2D eigenvalue weighted by Crippen LogP contribution is -2.49. The number of benzene rings is 1. The smallest absolute Gasteiger partial charge is 0.256 e. The molecule has 0 radical (unpaired) electrons. The molecule has 0 bridgehead atoms. The molecule has 202 valence electrons. The fourth-order valence-electron chi connectivity index (χ4n) is 5.19. The van der Waals surface area contributed by atoms with Crippen molar-refractivity contribution in [2.45, 2.75) is 38.1 Å². The second-order valence-electron chi connectivity index (χ2n) is 9.83. The third kappa shape index (κ3) is 6.17. The van der Waals surface area contributed by atoms with Crippen LogP contribution in [0.3, 0.4) is 0 Å². The van der Waals surface area contributed by atoms with Gasteiger partial charge in [0.2, 0.25) is 17.7 Å². The lowest BCUT2D eigenvalue weighted by Gasteiger charge is -2.35. The number of aromatic nitrogens is 3. The van der Waals surface area contributed by atoms with Crippen molar-refractivity contribution >= 4 is 40.8 Å². The molecule has 0 unspecified atom stereocenters. The molecule has 1 atom stereocenters. The van der Waals surface area contributed by atoms with Crippen molar-refractivity contribution in [1.82, 2.24) is 19.9 Å². The van der Waals surface area contributed by atoms with Crippen LogP contribution in [0.2, 0.25) is 5.02 Å². The zero-order valence-electron chi connectivity index (χ0n) is 21.5. The van der Waals surface area contributed by atoms with Crippen molar-refractivity contribution in [3.63, 3.8) is 0 Å². The Kier molecular flexibility index (Phi) is 8.02. The molecule has 39 heavy (non-hydrogen) atoms. The summed E-state index contributed by atoms with van der Waals surface area (Å²) in [5.41, 5.74) is 1.54. The first-order valence-electron chi connectivity index (χ1n) is 12.9. The van der Waals surface area contributed by atoms with Crippen molar-refractivity contribution < 1.29 is 19.1 Å². The van der Waals surface area contributed by atoms with E-state index in [9.17, 15) is 14.4 Å². The second kappa shape index (κ2) is 11.8. The maximum atomic E-state index is 13.8. The molecular formula is C28H29ClN6O4. The average Bonchev–Trinajstić information content (AvgIpc) is 3.04. The van der Waals surface area contributed by atoms with Crippen LogP contribution in [0.4, 0.5) is 11.5 Å². The topological polar surface area (TPSA) is 126 Å². The summed E-state index contributed by atoms with van der Waals surface area (Å²) in [5, 5.41) is 6.16. The number of nitrogens with zero attached hydrogens (tertiary/aromatic N) is 4. The standard InChI is InChI=1S/C28H29ClN6O4/c1-39-25-15-31-24(14-32-25)34-26(36)18-7-5-17(6-8-18)16-35-23(13-20-4-2-3-11-30-20)27(37)33-22-12-19(29)9-10-21(22)28(35)38/h2-4,9-12,14-15,17-18,23H,5-8,13,16H2,1H3,(H,33,37)(H,31,34,36)/t17-,18-,23-/m1/s1. The average molecular weight is 549 g/mol. The summed E-state index contributed by atoms with van der Waals surface area (Å²) >= 11 is 6.16. The number of anilines is 2. The van der Waals surface area contributed by atoms with Gasteiger partial charge in [0.25, 0.3) is 5.91 Å². The molecule has 3 amide bonds. The predicted octanol–water partition coefficient (Wildman–Crippen LogP) is 3.98. The van der Waals surface area contributed by atoms with Crippen LogP contribution in [0.15, 0.2) is 55.0 Å². The molecule has 2 N–H and O–H groups in total. The Morgan fingerprint density at radius 2 is 1.92 bits per heavy atom. The molecule has 1 fully saturated rings. The van der Waals surface area contributed by atoms with Gasteiger partial charge in [0.05, 0.1) is 30.8 Å². The van der Waals surface area contributed by atoms with Gasteiger partial charge in [-0.1, -0.05) is 17.7 Å². The van der Waals surface area contributed by atoms with Gasteiger partial charge < -0.3 is 20.3 Å². The number of pyridine rings is 1. The Labute approximate surface area is 231 Å². The molecular weight excluding hydrogens is 520 g/mol. The van der Waals surface area contributed by atoms with Crippen LogP contribution in [-0.2, 0) is 16.0 Å². The molecule has 2 aliphatic rings. The summed E-state index contributed by atoms with van der Waals surface area (Å²) in [6.07, 6.45) is 7.73.